The quantitative estimate of drug-likeness (QED) is 0.736. The minimum atomic E-state index is -1.58. The van der Waals surface area contributed by atoms with Gasteiger partial charge in [-0.05, 0) is 24.5 Å². The third-order valence-corrected chi connectivity index (χ3v) is 2.87. The van der Waals surface area contributed by atoms with Crippen LogP contribution in [0.4, 0.5) is 4.39 Å². The Labute approximate surface area is 113 Å². The normalized spacial score (nSPS) is 13.4. The number of nitrogens with zero attached hydrogens (tertiary/aromatic N) is 1. The van der Waals surface area contributed by atoms with Crippen LogP contribution in [-0.4, -0.2) is 12.3 Å². The smallest absolute Gasteiger partial charge is 0.309 e. The molecule has 0 aromatic heterocycles. The first-order valence-electron chi connectivity index (χ1n) is 6.37. The van der Waals surface area contributed by atoms with Crippen LogP contribution in [0.1, 0.15) is 43.2 Å². The maximum absolute atomic E-state index is 13.2. The lowest BCUT2D eigenvalue weighted by Crippen LogP contribution is -2.16. The van der Waals surface area contributed by atoms with Crippen LogP contribution in [0.5, 0.6) is 0 Å². The van der Waals surface area contributed by atoms with Crippen LogP contribution in [0.2, 0.25) is 0 Å². The van der Waals surface area contributed by atoms with Crippen molar-refractivity contribution in [2.24, 2.45) is 0 Å². The highest BCUT2D eigenvalue weighted by atomic mass is 19.1. The van der Waals surface area contributed by atoms with E-state index < -0.39 is 18.2 Å². The Balaban J connectivity index is 2.66. The lowest BCUT2D eigenvalue weighted by Gasteiger charge is -2.13. The third kappa shape index (κ3) is 4.70. The maximum atomic E-state index is 13.2. The van der Waals surface area contributed by atoms with Crippen LogP contribution < -0.4 is 0 Å². The van der Waals surface area contributed by atoms with Crippen molar-refractivity contribution in [2.75, 3.05) is 0 Å². The molecule has 0 aliphatic heterocycles. The van der Waals surface area contributed by atoms with Crippen molar-refractivity contribution in [1.29, 1.82) is 5.26 Å². The summed E-state index contributed by atoms with van der Waals surface area (Å²) in [5.41, 5.74) is 1.72. The average Bonchev–Trinajstić information content (AvgIpc) is 2.37. The lowest BCUT2D eigenvalue weighted by atomic mass is 9.93. The molecule has 2 unspecified atom stereocenters. The molecule has 0 heterocycles. The van der Waals surface area contributed by atoms with Crippen molar-refractivity contribution in [3.63, 3.8) is 0 Å². The number of benzene rings is 1. The number of halogens is 1. The van der Waals surface area contributed by atoms with E-state index in [9.17, 15) is 9.18 Å². The fourth-order valence-corrected chi connectivity index (χ4v) is 1.85. The molecular formula is C15H18FNO2. The first kappa shape index (κ1) is 15.2. The first-order valence-corrected chi connectivity index (χ1v) is 6.37. The number of alkyl halides is 1. The van der Waals surface area contributed by atoms with Gasteiger partial charge in [0.15, 0.2) is 0 Å². The molecule has 19 heavy (non-hydrogen) atoms. The number of nitriles is 1. The summed E-state index contributed by atoms with van der Waals surface area (Å²) in [6, 6.07) is 9.43. The number of hydrogen-bond acceptors (Lipinski definition) is 3. The van der Waals surface area contributed by atoms with Crippen molar-refractivity contribution in [1.82, 2.24) is 0 Å². The molecule has 1 aromatic rings. The Kier molecular flexibility index (Phi) is 6.01. The van der Waals surface area contributed by atoms with Crippen LogP contribution in [0.15, 0.2) is 24.3 Å². The van der Waals surface area contributed by atoms with Crippen LogP contribution in [0, 0.1) is 18.3 Å². The summed E-state index contributed by atoms with van der Waals surface area (Å²) < 4.78 is 17.8. The molecule has 0 radical (unpaired) electrons. The highest BCUT2D eigenvalue weighted by Gasteiger charge is 2.20. The van der Waals surface area contributed by atoms with Crippen LogP contribution in [0.3, 0.4) is 0 Å². The van der Waals surface area contributed by atoms with Gasteiger partial charge in [-0.3, -0.25) is 4.79 Å². The topological polar surface area (TPSA) is 50.1 Å². The minimum Gasteiger partial charge on any atom is -0.431 e. The molecular weight excluding hydrogens is 245 g/mol. The second-order valence-electron chi connectivity index (χ2n) is 4.43. The van der Waals surface area contributed by atoms with E-state index in [1.165, 1.54) is 0 Å². The lowest BCUT2D eigenvalue weighted by molar-refractivity contribution is -0.158. The van der Waals surface area contributed by atoms with Gasteiger partial charge >= 0.3 is 5.97 Å². The molecule has 102 valence electrons. The molecule has 0 spiro atoms. The first-order chi connectivity index (χ1) is 9.08. The minimum absolute atomic E-state index is 0.120. The van der Waals surface area contributed by atoms with Crippen molar-refractivity contribution < 1.29 is 13.9 Å². The number of ether oxygens (including phenoxy) is 1. The Morgan fingerprint density at radius 2 is 2.16 bits per heavy atom. The molecule has 4 heteroatoms. The maximum Gasteiger partial charge on any atom is 0.309 e. The van der Waals surface area contributed by atoms with E-state index in [0.29, 0.717) is 6.42 Å². The molecule has 0 aliphatic carbocycles. The number of aryl methyl sites for hydroxylation is 1. The summed E-state index contributed by atoms with van der Waals surface area (Å²) in [4.78, 5) is 11.6. The van der Waals surface area contributed by atoms with Crippen LogP contribution in [-0.2, 0) is 9.53 Å². The predicted octanol–water partition coefficient (Wildman–Crippen LogP) is 3.63. The molecule has 0 N–H and O–H groups in total. The van der Waals surface area contributed by atoms with E-state index in [0.717, 1.165) is 11.1 Å². The molecule has 2 atom stereocenters. The molecule has 1 rings (SSSR count). The number of hydrogen-bond donors (Lipinski definition) is 0. The number of carbonyl (C=O) groups excluding carboxylic acids is 1. The standard InChI is InChI=1S/C15H18FNO2/c1-3-6-14(16)19-15(18)9-12(10-17)13-8-5-4-7-11(13)2/h4-5,7-8,12,14H,3,6,9H2,1-2H3. The van der Waals surface area contributed by atoms with Gasteiger partial charge in [-0.15, -0.1) is 0 Å². The van der Waals surface area contributed by atoms with Gasteiger partial charge in [-0.1, -0.05) is 31.2 Å². The highest BCUT2D eigenvalue weighted by Crippen LogP contribution is 2.23. The second-order valence-corrected chi connectivity index (χ2v) is 4.43. The zero-order chi connectivity index (χ0) is 14.3. The average molecular weight is 263 g/mol. The molecule has 0 fully saturated rings. The summed E-state index contributed by atoms with van der Waals surface area (Å²) in [5.74, 6) is -1.27. The van der Waals surface area contributed by atoms with E-state index in [4.69, 9.17) is 5.26 Å². The van der Waals surface area contributed by atoms with E-state index in [1.807, 2.05) is 32.0 Å². The Morgan fingerprint density at radius 1 is 1.47 bits per heavy atom. The fourth-order valence-electron chi connectivity index (χ4n) is 1.85. The van der Waals surface area contributed by atoms with Gasteiger partial charge in [-0.25, -0.2) is 4.39 Å². The Morgan fingerprint density at radius 3 is 2.74 bits per heavy atom. The van der Waals surface area contributed by atoms with Gasteiger partial charge in [0.2, 0.25) is 6.36 Å². The van der Waals surface area contributed by atoms with Crippen molar-refractivity contribution in [2.45, 2.75) is 45.4 Å². The van der Waals surface area contributed by atoms with E-state index in [1.54, 1.807) is 6.07 Å². The van der Waals surface area contributed by atoms with Gasteiger partial charge in [-0.2, -0.15) is 5.26 Å². The monoisotopic (exact) mass is 263 g/mol. The summed E-state index contributed by atoms with van der Waals surface area (Å²) in [6.45, 7) is 3.69. The van der Waals surface area contributed by atoms with E-state index >= 15 is 0 Å². The molecule has 0 bridgehead atoms. The van der Waals surface area contributed by atoms with Gasteiger partial charge < -0.3 is 4.74 Å². The zero-order valence-electron chi connectivity index (χ0n) is 11.2. The summed E-state index contributed by atoms with van der Waals surface area (Å²) in [6.07, 6.45) is -0.902. The van der Waals surface area contributed by atoms with Crippen molar-refractivity contribution in [3.05, 3.63) is 35.4 Å². The SMILES string of the molecule is CCCC(F)OC(=O)CC(C#N)c1ccccc1C. The van der Waals surface area contributed by atoms with Gasteiger partial charge in [0.1, 0.15) is 0 Å². The largest absolute Gasteiger partial charge is 0.431 e. The molecule has 0 aliphatic rings. The molecule has 0 saturated carbocycles. The summed E-state index contributed by atoms with van der Waals surface area (Å²) in [5, 5.41) is 9.14. The van der Waals surface area contributed by atoms with Gasteiger partial charge in [0.25, 0.3) is 0 Å². The van der Waals surface area contributed by atoms with Gasteiger partial charge in [0, 0.05) is 6.42 Å². The summed E-state index contributed by atoms with van der Waals surface area (Å²) in [7, 11) is 0. The fraction of sp³-hybridized carbons (Fsp3) is 0.467. The van der Waals surface area contributed by atoms with E-state index in [2.05, 4.69) is 10.8 Å². The zero-order valence-corrected chi connectivity index (χ0v) is 11.2. The second kappa shape index (κ2) is 7.52. The highest BCUT2D eigenvalue weighted by molar-refractivity contribution is 5.71. The van der Waals surface area contributed by atoms with Crippen molar-refractivity contribution in [3.8, 4) is 6.07 Å². The Hall–Kier alpha value is -1.89. The van der Waals surface area contributed by atoms with Crippen molar-refractivity contribution >= 4 is 5.97 Å². The number of carbonyl (C=O) groups is 1. The molecule has 0 amide bonds. The third-order valence-electron chi connectivity index (χ3n) is 2.87. The number of rotatable bonds is 6. The summed E-state index contributed by atoms with van der Waals surface area (Å²) >= 11 is 0. The van der Waals surface area contributed by atoms with Gasteiger partial charge in [0.05, 0.1) is 18.4 Å². The van der Waals surface area contributed by atoms with Crippen LogP contribution >= 0.6 is 0 Å². The number of esters is 1. The molecule has 0 saturated heterocycles. The Bertz CT molecular complexity index is 467. The molecule has 3 nitrogen and oxygen atoms in total. The predicted molar refractivity (Wildman–Crippen MR) is 70.0 cm³/mol. The van der Waals surface area contributed by atoms with Crippen LogP contribution in [0.25, 0.3) is 0 Å². The molecule has 1 aromatic carbocycles. The van der Waals surface area contributed by atoms with E-state index in [-0.39, 0.29) is 12.8 Å².